The summed E-state index contributed by atoms with van der Waals surface area (Å²) in [7, 11) is 0. The highest BCUT2D eigenvalue weighted by molar-refractivity contribution is 5.63. The topological polar surface area (TPSA) is 70.4 Å². The third kappa shape index (κ3) is 1.70. The number of rotatable bonds is 2. The van der Waals surface area contributed by atoms with Crippen molar-refractivity contribution < 1.29 is 5.11 Å². The minimum atomic E-state index is -0.255. The predicted molar refractivity (Wildman–Crippen MR) is 67.2 cm³/mol. The van der Waals surface area contributed by atoms with Crippen LogP contribution in [0.3, 0.4) is 0 Å². The molecular formula is C13H11N3O2. The fourth-order valence-electron chi connectivity index (χ4n) is 1.88. The summed E-state index contributed by atoms with van der Waals surface area (Å²) >= 11 is 0. The van der Waals surface area contributed by atoms with Gasteiger partial charge in [0.2, 0.25) is 0 Å². The number of hydrogen-bond donors (Lipinski definition) is 2. The molecule has 2 aromatic heterocycles. The van der Waals surface area contributed by atoms with Crippen molar-refractivity contribution in [2.75, 3.05) is 0 Å². The molecular weight excluding hydrogens is 230 g/mol. The van der Waals surface area contributed by atoms with E-state index in [4.69, 9.17) is 5.11 Å². The van der Waals surface area contributed by atoms with Gasteiger partial charge in [-0.05, 0) is 0 Å². The maximum Gasteiger partial charge on any atom is 0.274 e. The molecule has 0 radical (unpaired) electrons. The second-order valence-electron chi connectivity index (χ2n) is 3.98. The van der Waals surface area contributed by atoms with Gasteiger partial charge >= 0.3 is 0 Å². The Morgan fingerprint density at radius 1 is 1.22 bits per heavy atom. The number of nitrogens with one attached hydrogen (secondary N) is 1. The Labute approximate surface area is 102 Å². The molecule has 0 aliphatic heterocycles. The Morgan fingerprint density at radius 3 is 2.72 bits per heavy atom. The highest BCUT2D eigenvalue weighted by Crippen LogP contribution is 2.17. The quantitative estimate of drug-likeness (QED) is 0.707. The molecule has 0 aliphatic rings. The van der Waals surface area contributed by atoms with E-state index in [-0.39, 0.29) is 12.2 Å². The number of aromatic nitrogens is 3. The zero-order valence-electron chi connectivity index (χ0n) is 9.50. The van der Waals surface area contributed by atoms with Crippen molar-refractivity contribution in [3.05, 3.63) is 58.5 Å². The first kappa shape index (κ1) is 10.7. The summed E-state index contributed by atoms with van der Waals surface area (Å²) in [5.74, 6) is 0. The molecule has 0 atom stereocenters. The first-order valence-electron chi connectivity index (χ1n) is 5.56. The fourth-order valence-corrected chi connectivity index (χ4v) is 1.88. The number of aliphatic hydroxyl groups excluding tert-OH is 1. The van der Waals surface area contributed by atoms with Crippen molar-refractivity contribution in [2.24, 2.45) is 0 Å². The average molecular weight is 241 g/mol. The van der Waals surface area contributed by atoms with Gasteiger partial charge in [-0.25, -0.2) is 0 Å². The van der Waals surface area contributed by atoms with Crippen molar-refractivity contribution in [2.45, 2.75) is 6.61 Å². The lowest BCUT2D eigenvalue weighted by Gasteiger charge is -1.96. The molecule has 0 fully saturated rings. The maximum atomic E-state index is 11.8. The predicted octanol–water partition coefficient (Wildman–Crippen LogP) is 1.18. The lowest BCUT2D eigenvalue weighted by Crippen LogP contribution is -2.15. The van der Waals surface area contributed by atoms with Crippen LogP contribution in [0.1, 0.15) is 5.69 Å². The number of fused-ring (bicyclic) bond motifs is 1. The minimum absolute atomic E-state index is 0.197. The summed E-state index contributed by atoms with van der Waals surface area (Å²) in [4.78, 5) is 14.7. The normalized spacial score (nSPS) is 10.9. The van der Waals surface area contributed by atoms with E-state index in [0.717, 1.165) is 11.3 Å². The second kappa shape index (κ2) is 4.12. The van der Waals surface area contributed by atoms with Gasteiger partial charge in [-0.15, -0.1) is 0 Å². The molecule has 0 bridgehead atoms. The summed E-state index contributed by atoms with van der Waals surface area (Å²) in [6.45, 7) is -0.197. The molecule has 2 N–H and O–H groups in total. The van der Waals surface area contributed by atoms with E-state index in [1.54, 1.807) is 6.07 Å². The van der Waals surface area contributed by atoms with Gasteiger partial charge in [-0.3, -0.25) is 4.79 Å². The molecule has 0 amide bonds. The third-order valence-corrected chi connectivity index (χ3v) is 2.74. The van der Waals surface area contributed by atoms with Gasteiger partial charge in [0.05, 0.1) is 12.3 Å². The van der Waals surface area contributed by atoms with Crippen LogP contribution >= 0.6 is 0 Å². The Hall–Kier alpha value is -2.40. The molecule has 3 rings (SSSR count). The molecule has 5 nitrogen and oxygen atoms in total. The van der Waals surface area contributed by atoms with Crippen LogP contribution in [0.4, 0.5) is 0 Å². The summed E-state index contributed by atoms with van der Waals surface area (Å²) in [5.41, 5.74) is 2.46. The molecule has 3 aromatic rings. The highest BCUT2D eigenvalue weighted by atomic mass is 16.3. The van der Waals surface area contributed by atoms with Gasteiger partial charge in [0, 0.05) is 23.4 Å². The van der Waals surface area contributed by atoms with E-state index in [1.165, 1.54) is 10.6 Å². The van der Waals surface area contributed by atoms with E-state index in [2.05, 4.69) is 10.1 Å². The maximum absolute atomic E-state index is 11.8. The van der Waals surface area contributed by atoms with Crippen LogP contribution in [-0.4, -0.2) is 19.7 Å². The van der Waals surface area contributed by atoms with Gasteiger partial charge in [0.15, 0.2) is 0 Å². The largest absolute Gasteiger partial charge is 0.390 e. The van der Waals surface area contributed by atoms with E-state index >= 15 is 0 Å². The highest BCUT2D eigenvalue weighted by Gasteiger charge is 2.07. The third-order valence-electron chi connectivity index (χ3n) is 2.74. The molecule has 0 saturated heterocycles. The number of aromatic amines is 1. The van der Waals surface area contributed by atoms with Crippen LogP contribution in [0.25, 0.3) is 16.9 Å². The average Bonchev–Trinajstić information content (AvgIpc) is 2.84. The smallest absolute Gasteiger partial charge is 0.274 e. The number of hydrogen-bond acceptors (Lipinski definition) is 3. The monoisotopic (exact) mass is 241 g/mol. The lowest BCUT2D eigenvalue weighted by molar-refractivity contribution is 0.277. The van der Waals surface area contributed by atoms with Crippen LogP contribution in [0.15, 0.2) is 47.3 Å². The fraction of sp³-hybridized carbons (Fsp3) is 0.0769. The summed E-state index contributed by atoms with van der Waals surface area (Å²) < 4.78 is 1.29. The van der Waals surface area contributed by atoms with Gasteiger partial charge < -0.3 is 10.1 Å². The van der Waals surface area contributed by atoms with Gasteiger partial charge in [0.25, 0.3) is 5.56 Å². The zero-order chi connectivity index (χ0) is 12.5. The lowest BCUT2D eigenvalue weighted by atomic mass is 10.2. The Morgan fingerprint density at radius 2 is 2.00 bits per heavy atom. The van der Waals surface area contributed by atoms with Crippen molar-refractivity contribution in [3.63, 3.8) is 0 Å². The molecule has 0 unspecified atom stereocenters. The molecule has 18 heavy (non-hydrogen) atoms. The molecule has 1 aromatic carbocycles. The van der Waals surface area contributed by atoms with Gasteiger partial charge in [-0.1, -0.05) is 30.3 Å². The van der Waals surface area contributed by atoms with E-state index in [1.807, 2.05) is 30.3 Å². The Bertz CT molecular complexity index is 744. The molecule has 90 valence electrons. The van der Waals surface area contributed by atoms with Crippen molar-refractivity contribution in [1.82, 2.24) is 14.6 Å². The number of H-pyrrole nitrogens is 1. The van der Waals surface area contributed by atoms with Crippen LogP contribution in [0.2, 0.25) is 0 Å². The van der Waals surface area contributed by atoms with E-state index in [0.29, 0.717) is 11.3 Å². The molecule has 0 spiro atoms. The van der Waals surface area contributed by atoms with Crippen LogP contribution in [0, 0.1) is 0 Å². The minimum Gasteiger partial charge on any atom is -0.390 e. The Balaban J connectivity index is 2.23. The van der Waals surface area contributed by atoms with Crippen molar-refractivity contribution in [3.8, 4) is 11.3 Å². The van der Waals surface area contributed by atoms with Crippen LogP contribution < -0.4 is 5.56 Å². The Kier molecular flexibility index (Phi) is 2.46. The van der Waals surface area contributed by atoms with Gasteiger partial charge in [-0.2, -0.15) is 9.61 Å². The second-order valence-corrected chi connectivity index (χ2v) is 3.98. The van der Waals surface area contributed by atoms with E-state index < -0.39 is 0 Å². The number of aliphatic hydroxyl groups is 1. The molecule has 0 saturated carbocycles. The molecule has 0 aliphatic carbocycles. The van der Waals surface area contributed by atoms with Crippen molar-refractivity contribution in [1.29, 1.82) is 0 Å². The summed E-state index contributed by atoms with van der Waals surface area (Å²) in [6.07, 6.45) is 0. The standard InChI is InChI=1S/C13H11N3O2/c17-8-10-6-13(18)16-12(14-10)7-11(15-16)9-4-2-1-3-5-9/h1-7,14,17H,8H2. The van der Waals surface area contributed by atoms with Crippen molar-refractivity contribution >= 4 is 5.65 Å². The molecule has 2 heterocycles. The van der Waals surface area contributed by atoms with Gasteiger partial charge in [0.1, 0.15) is 5.65 Å². The summed E-state index contributed by atoms with van der Waals surface area (Å²) in [5, 5.41) is 13.3. The first-order valence-corrected chi connectivity index (χ1v) is 5.56. The zero-order valence-corrected chi connectivity index (χ0v) is 9.50. The van der Waals surface area contributed by atoms with Crippen LogP contribution in [0.5, 0.6) is 0 Å². The number of nitrogens with zero attached hydrogens (tertiary/aromatic N) is 2. The molecule has 5 heteroatoms. The summed E-state index contributed by atoms with van der Waals surface area (Å²) in [6, 6.07) is 12.7. The van der Waals surface area contributed by atoms with E-state index in [9.17, 15) is 4.79 Å². The van der Waals surface area contributed by atoms with Crippen LogP contribution in [-0.2, 0) is 6.61 Å². The number of benzene rings is 1. The SMILES string of the molecule is O=c1cc(CO)[nH]c2cc(-c3ccccc3)nn12. The first-order chi connectivity index (χ1) is 8.78.